The Morgan fingerprint density at radius 3 is 2.34 bits per heavy atom. The van der Waals surface area contributed by atoms with Crippen LogP contribution in [0.1, 0.15) is 12.8 Å². The Balaban J connectivity index is 1.70. The second-order valence-electron chi connectivity index (χ2n) is 8.23. The van der Waals surface area contributed by atoms with Gasteiger partial charge in [-0.1, -0.05) is 12.1 Å². The second-order valence-corrected chi connectivity index (χ2v) is 11.8. The largest absolute Gasteiger partial charge is 0.335 e. The van der Waals surface area contributed by atoms with Gasteiger partial charge >= 0.3 is 0 Å². The fraction of sp³-hybridized carbons (Fsp3) is 0.429. The highest BCUT2D eigenvalue weighted by Crippen LogP contribution is 2.47. The van der Waals surface area contributed by atoms with Crippen LogP contribution in [-0.2, 0) is 20.8 Å². The van der Waals surface area contributed by atoms with Crippen LogP contribution in [0.3, 0.4) is 0 Å². The SMILES string of the molecule is CN(C)S(=O)(=O)c1ccc2c(c1)N(C1CN3CCC1CC3)c1ccccc1S2=O. The number of hydrogen-bond acceptors (Lipinski definition) is 5. The first-order chi connectivity index (χ1) is 13.9. The lowest BCUT2D eigenvalue weighted by molar-refractivity contribution is 0.0891. The normalized spacial score (nSPS) is 28.3. The zero-order valence-corrected chi connectivity index (χ0v) is 18.2. The lowest BCUT2D eigenvalue weighted by atomic mass is 9.82. The molecule has 0 amide bonds. The second kappa shape index (κ2) is 6.91. The highest BCUT2D eigenvalue weighted by atomic mass is 32.2. The number of nitrogens with zero attached hydrogens (tertiary/aromatic N) is 3. The molecule has 4 aliphatic heterocycles. The average molecular weight is 432 g/mol. The first kappa shape index (κ1) is 19.2. The summed E-state index contributed by atoms with van der Waals surface area (Å²) in [5.74, 6) is 0.557. The van der Waals surface area contributed by atoms with Crippen molar-refractivity contribution < 1.29 is 12.6 Å². The minimum Gasteiger partial charge on any atom is -0.335 e. The van der Waals surface area contributed by atoms with E-state index in [1.54, 1.807) is 18.2 Å². The molecule has 3 saturated heterocycles. The molecule has 0 aromatic heterocycles. The molecule has 2 atom stereocenters. The van der Waals surface area contributed by atoms with Crippen molar-refractivity contribution in [2.45, 2.75) is 33.6 Å². The van der Waals surface area contributed by atoms with Crippen LogP contribution in [0.4, 0.5) is 11.4 Å². The van der Waals surface area contributed by atoms with Crippen molar-refractivity contribution in [2.24, 2.45) is 5.92 Å². The first-order valence-corrected chi connectivity index (χ1v) is 12.6. The van der Waals surface area contributed by atoms with Gasteiger partial charge in [0.25, 0.3) is 0 Å². The maximum Gasteiger partial charge on any atom is 0.242 e. The van der Waals surface area contributed by atoms with Gasteiger partial charge in [-0.25, -0.2) is 16.9 Å². The van der Waals surface area contributed by atoms with Gasteiger partial charge in [0.2, 0.25) is 10.0 Å². The molecule has 0 N–H and O–H groups in total. The van der Waals surface area contributed by atoms with Crippen molar-refractivity contribution in [3.63, 3.8) is 0 Å². The molecule has 6 rings (SSSR count). The lowest BCUT2D eigenvalue weighted by Crippen LogP contribution is -2.57. The summed E-state index contributed by atoms with van der Waals surface area (Å²) >= 11 is 0. The third-order valence-electron chi connectivity index (χ3n) is 6.45. The quantitative estimate of drug-likeness (QED) is 0.748. The molecular weight excluding hydrogens is 406 g/mol. The summed E-state index contributed by atoms with van der Waals surface area (Å²) in [6.45, 7) is 3.21. The molecule has 2 aromatic carbocycles. The molecule has 29 heavy (non-hydrogen) atoms. The van der Waals surface area contributed by atoms with Crippen LogP contribution in [0.15, 0.2) is 57.2 Å². The molecule has 2 unspecified atom stereocenters. The highest BCUT2D eigenvalue weighted by molar-refractivity contribution is 7.89. The number of sulfonamides is 1. The summed E-state index contributed by atoms with van der Waals surface area (Å²) in [6, 6.07) is 13.1. The zero-order chi connectivity index (χ0) is 20.3. The molecule has 2 bridgehead atoms. The van der Waals surface area contributed by atoms with E-state index < -0.39 is 20.8 Å². The van der Waals surface area contributed by atoms with Crippen LogP contribution in [0, 0.1) is 5.92 Å². The molecule has 0 spiro atoms. The van der Waals surface area contributed by atoms with E-state index in [-0.39, 0.29) is 10.9 Å². The van der Waals surface area contributed by atoms with Gasteiger partial charge in [-0.15, -0.1) is 0 Å². The molecule has 154 valence electrons. The molecule has 3 fully saturated rings. The Kier molecular flexibility index (Phi) is 4.58. The van der Waals surface area contributed by atoms with E-state index >= 15 is 0 Å². The summed E-state index contributed by atoms with van der Waals surface area (Å²) in [6.07, 6.45) is 2.30. The molecule has 2 aromatic rings. The predicted octanol–water partition coefficient (Wildman–Crippen LogP) is 2.65. The maximum atomic E-state index is 13.3. The Morgan fingerprint density at radius 2 is 1.69 bits per heavy atom. The number of hydrogen-bond donors (Lipinski definition) is 0. The lowest BCUT2D eigenvalue weighted by Gasteiger charge is -2.51. The maximum absolute atomic E-state index is 13.3. The molecule has 4 aliphatic rings. The number of rotatable bonds is 3. The minimum atomic E-state index is -3.57. The Bertz CT molecular complexity index is 1090. The molecule has 8 heteroatoms. The van der Waals surface area contributed by atoms with Gasteiger partial charge in [0, 0.05) is 26.7 Å². The van der Waals surface area contributed by atoms with Crippen LogP contribution in [-0.4, -0.2) is 61.6 Å². The molecule has 0 saturated carbocycles. The van der Waals surface area contributed by atoms with E-state index in [9.17, 15) is 12.6 Å². The van der Waals surface area contributed by atoms with Gasteiger partial charge in [-0.05, 0) is 62.2 Å². The molecular formula is C21H25N3O3S2. The highest BCUT2D eigenvalue weighted by Gasteiger charge is 2.42. The van der Waals surface area contributed by atoms with E-state index in [1.807, 2.05) is 24.3 Å². The molecule has 0 radical (unpaired) electrons. The topological polar surface area (TPSA) is 60.9 Å². The number of anilines is 2. The standard InChI is InChI=1S/C21H25N3O3S2/c1-22(2)29(26,27)16-7-8-21-18(13-16)24(17-5-3-4-6-20(17)28(21)25)19-14-23-11-9-15(19)10-12-23/h3-8,13,15,19H,9-12,14H2,1-2H3. The van der Waals surface area contributed by atoms with E-state index in [1.165, 1.54) is 18.4 Å². The van der Waals surface area contributed by atoms with Gasteiger partial charge in [-0.2, -0.15) is 0 Å². The summed E-state index contributed by atoms with van der Waals surface area (Å²) in [5.41, 5.74) is 1.71. The Hall–Kier alpha value is -1.74. The van der Waals surface area contributed by atoms with Crippen LogP contribution in [0.2, 0.25) is 0 Å². The van der Waals surface area contributed by atoms with E-state index in [2.05, 4.69) is 9.80 Å². The fourth-order valence-electron chi connectivity index (χ4n) is 4.86. The molecule has 6 nitrogen and oxygen atoms in total. The van der Waals surface area contributed by atoms with Crippen LogP contribution in [0.5, 0.6) is 0 Å². The number of piperidine rings is 3. The summed E-state index contributed by atoms with van der Waals surface area (Å²) in [7, 11) is -1.83. The van der Waals surface area contributed by atoms with Crippen molar-refractivity contribution in [1.82, 2.24) is 9.21 Å². The smallest absolute Gasteiger partial charge is 0.242 e. The van der Waals surface area contributed by atoms with Gasteiger partial charge in [0.15, 0.2) is 0 Å². The van der Waals surface area contributed by atoms with Crippen molar-refractivity contribution in [1.29, 1.82) is 0 Å². The average Bonchev–Trinajstić information content (AvgIpc) is 2.74. The first-order valence-electron chi connectivity index (χ1n) is 9.97. The Labute approximate surface area is 174 Å². The predicted molar refractivity (Wildman–Crippen MR) is 114 cm³/mol. The summed E-state index contributed by atoms with van der Waals surface area (Å²) in [4.78, 5) is 6.50. The fourth-order valence-corrected chi connectivity index (χ4v) is 7.11. The molecule has 0 aliphatic carbocycles. The third kappa shape index (κ3) is 2.96. The summed E-state index contributed by atoms with van der Waals surface area (Å²) in [5, 5.41) is 0. The van der Waals surface area contributed by atoms with E-state index in [0.717, 1.165) is 48.7 Å². The van der Waals surface area contributed by atoms with Crippen molar-refractivity contribution in [3.05, 3.63) is 42.5 Å². The van der Waals surface area contributed by atoms with Gasteiger partial charge in [0.05, 0.1) is 36.9 Å². The van der Waals surface area contributed by atoms with E-state index in [0.29, 0.717) is 10.8 Å². The monoisotopic (exact) mass is 431 g/mol. The zero-order valence-electron chi connectivity index (χ0n) is 16.6. The van der Waals surface area contributed by atoms with E-state index in [4.69, 9.17) is 0 Å². The van der Waals surface area contributed by atoms with Gasteiger partial charge in [0.1, 0.15) is 0 Å². The minimum absolute atomic E-state index is 0.240. The summed E-state index contributed by atoms with van der Waals surface area (Å²) < 4.78 is 40.1. The Morgan fingerprint density at radius 1 is 1.00 bits per heavy atom. The number of fused-ring (bicyclic) bond motifs is 5. The van der Waals surface area contributed by atoms with Gasteiger partial charge < -0.3 is 9.80 Å². The van der Waals surface area contributed by atoms with Crippen molar-refractivity contribution in [2.75, 3.05) is 38.6 Å². The number of para-hydroxylation sites is 1. The van der Waals surface area contributed by atoms with Crippen LogP contribution >= 0.6 is 0 Å². The third-order valence-corrected chi connectivity index (χ3v) is 9.75. The van der Waals surface area contributed by atoms with Crippen molar-refractivity contribution >= 4 is 32.2 Å². The van der Waals surface area contributed by atoms with Crippen molar-refractivity contribution in [3.8, 4) is 0 Å². The van der Waals surface area contributed by atoms with Gasteiger partial charge in [-0.3, -0.25) is 0 Å². The number of benzene rings is 2. The van der Waals surface area contributed by atoms with Crippen LogP contribution < -0.4 is 4.90 Å². The molecule has 4 heterocycles. The van der Waals surface area contributed by atoms with Crippen LogP contribution in [0.25, 0.3) is 0 Å².